The Bertz CT molecular complexity index is 737. The first-order valence-electron chi connectivity index (χ1n) is 7.78. The fourth-order valence-electron chi connectivity index (χ4n) is 3.18. The number of aryl methyl sites for hydroxylation is 1. The van der Waals surface area contributed by atoms with Crippen LogP contribution in [0.3, 0.4) is 0 Å². The van der Waals surface area contributed by atoms with Crippen molar-refractivity contribution < 1.29 is 23.9 Å². The van der Waals surface area contributed by atoms with Crippen molar-refractivity contribution in [3.63, 3.8) is 0 Å². The van der Waals surface area contributed by atoms with Crippen LogP contribution in [0, 0.1) is 0 Å². The van der Waals surface area contributed by atoms with E-state index in [0.29, 0.717) is 24.1 Å². The van der Waals surface area contributed by atoms with Crippen molar-refractivity contribution in [1.29, 1.82) is 0 Å². The van der Waals surface area contributed by atoms with E-state index in [1.807, 2.05) is 0 Å². The molecular weight excluding hydrogens is 312 g/mol. The molecule has 0 aromatic heterocycles. The van der Waals surface area contributed by atoms with Crippen molar-refractivity contribution in [1.82, 2.24) is 4.90 Å². The van der Waals surface area contributed by atoms with Gasteiger partial charge in [0.25, 0.3) is 5.91 Å². The predicted molar refractivity (Wildman–Crippen MR) is 84.9 cm³/mol. The number of nitrogen functional groups attached to an aromatic ring is 1. The molecule has 0 bridgehead atoms. The van der Waals surface area contributed by atoms with Crippen LogP contribution < -0.4 is 5.73 Å². The van der Waals surface area contributed by atoms with Crippen LogP contribution in [0.1, 0.15) is 38.3 Å². The highest BCUT2D eigenvalue weighted by Gasteiger charge is 2.58. The number of carbonyl (C=O) groups excluding carboxylic acids is 3. The van der Waals surface area contributed by atoms with E-state index in [0.717, 1.165) is 10.5 Å². The maximum atomic E-state index is 12.8. The van der Waals surface area contributed by atoms with Gasteiger partial charge in [-0.1, -0.05) is 6.07 Å². The number of anilines is 1. The van der Waals surface area contributed by atoms with Crippen LogP contribution >= 0.6 is 0 Å². The Hall–Kier alpha value is -2.57. The molecule has 2 amide bonds. The smallest absolute Gasteiger partial charge is 0.418 e. The number of hydrogen-bond acceptors (Lipinski definition) is 6. The third-order valence-electron chi connectivity index (χ3n) is 4.09. The van der Waals surface area contributed by atoms with E-state index in [9.17, 15) is 14.4 Å². The zero-order valence-electron chi connectivity index (χ0n) is 13.9. The molecule has 1 aromatic rings. The number of nitrogens with zero attached hydrogens (tertiary/aromatic N) is 1. The minimum atomic E-state index is -1.35. The number of esters is 1. The normalized spacial score (nSPS) is 22.7. The molecule has 3 rings (SSSR count). The summed E-state index contributed by atoms with van der Waals surface area (Å²) in [5, 5.41) is 0. The Labute approximate surface area is 139 Å². The monoisotopic (exact) mass is 332 g/mol. The van der Waals surface area contributed by atoms with Crippen molar-refractivity contribution in [2.24, 2.45) is 0 Å². The Morgan fingerprint density at radius 1 is 1.38 bits per heavy atom. The number of hydrogen-bond donors (Lipinski definition) is 1. The number of fused-ring (bicyclic) bond motifs is 2. The number of amides is 2. The zero-order chi connectivity index (χ0) is 17.7. The number of nitrogens with two attached hydrogens (primary N) is 1. The van der Waals surface area contributed by atoms with Crippen molar-refractivity contribution in [2.45, 2.75) is 44.8 Å². The summed E-state index contributed by atoms with van der Waals surface area (Å²) in [5.74, 6) is -1.18. The van der Waals surface area contributed by atoms with Gasteiger partial charge in [0.1, 0.15) is 12.1 Å². The molecule has 1 aromatic carbocycles. The lowest BCUT2D eigenvalue weighted by Gasteiger charge is -2.22. The molecular formula is C17H20N2O5. The van der Waals surface area contributed by atoms with Gasteiger partial charge in [-0.3, -0.25) is 9.59 Å². The van der Waals surface area contributed by atoms with Crippen molar-refractivity contribution in [3.05, 3.63) is 29.3 Å². The number of rotatable bonds is 2. The van der Waals surface area contributed by atoms with E-state index >= 15 is 0 Å². The molecule has 2 aliphatic rings. The maximum Gasteiger partial charge on any atom is 0.418 e. The van der Waals surface area contributed by atoms with Crippen LogP contribution in [0.15, 0.2) is 18.2 Å². The van der Waals surface area contributed by atoms with Crippen LogP contribution in [0.5, 0.6) is 0 Å². The first-order chi connectivity index (χ1) is 11.1. The Morgan fingerprint density at radius 3 is 2.75 bits per heavy atom. The maximum absolute atomic E-state index is 12.8. The number of carbonyl (C=O) groups is 3. The fraction of sp³-hybridized carbons (Fsp3) is 0.471. The highest BCUT2D eigenvalue weighted by molar-refractivity contribution is 6.06. The summed E-state index contributed by atoms with van der Waals surface area (Å²) in [6.07, 6.45) is 0.108. The topological polar surface area (TPSA) is 98.9 Å². The first kappa shape index (κ1) is 16.3. The second-order valence-electron chi connectivity index (χ2n) is 7.09. The Kier molecular flexibility index (Phi) is 3.55. The average molecular weight is 332 g/mol. The molecule has 1 heterocycles. The highest BCUT2D eigenvalue weighted by atomic mass is 16.6. The van der Waals surface area contributed by atoms with Gasteiger partial charge in [-0.25, -0.2) is 9.69 Å². The molecule has 1 aliphatic heterocycles. The summed E-state index contributed by atoms with van der Waals surface area (Å²) in [6.45, 7) is 4.69. The number of ether oxygens (including phenoxy) is 2. The fourth-order valence-corrected chi connectivity index (χ4v) is 3.18. The van der Waals surface area contributed by atoms with Crippen LogP contribution in [-0.2, 0) is 31.1 Å². The lowest BCUT2D eigenvalue weighted by atomic mass is 9.95. The van der Waals surface area contributed by atoms with Crippen molar-refractivity contribution in [2.75, 3.05) is 12.3 Å². The van der Waals surface area contributed by atoms with Gasteiger partial charge in [0, 0.05) is 17.7 Å². The van der Waals surface area contributed by atoms with E-state index in [-0.39, 0.29) is 0 Å². The van der Waals surface area contributed by atoms with E-state index in [1.165, 1.54) is 0 Å². The molecule has 1 aliphatic carbocycles. The number of benzene rings is 1. The molecule has 1 fully saturated rings. The van der Waals surface area contributed by atoms with Gasteiger partial charge in [0.15, 0.2) is 0 Å². The second-order valence-corrected chi connectivity index (χ2v) is 7.09. The minimum Gasteiger partial charge on any atom is -0.459 e. The number of imide groups is 1. The molecule has 7 nitrogen and oxygen atoms in total. The highest BCUT2D eigenvalue weighted by Crippen LogP contribution is 2.45. The van der Waals surface area contributed by atoms with E-state index < -0.39 is 35.7 Å². The third-order valence-corrected chi connectivity index (χ3v) is 4.09. The van der Waals surface area contributed by atoms with E-state index in [2.05, 4.69) is 0 Å². The quantitative estimate of drug-likeness (QED) is 0.654. The SMILES string of the molecule is CC(C)(C)OC(=O)CN1C(=O)OC2(CCc3cc(N)ccc32)C1=O. The predicted octanol–water partition coefficient (Wildman–Crippen LogP) is 1.73. The van der Waals surface area contributed by atoms with Crippen LogP contribution in [-0.4, -0.2) is 35.0 Å². The lowest BCUT2D eigenvalue weighted by molar-refractivity contribution is -0.157. The summed E-state index contributed by atoms with van der Waals surface area (Å²) in [4.78, 5) is 37.8. The van der Waals surface area contributed by atoms with Gasteiger partial charge < -0.3 is 15.2 Å². The Morgan fingerprint density at radius 2 is 2.08 bits per heavy atom. The molecule has 7 heteroatoms. The Balaban J connectivity index is 1.85. The minimum absolute atomic E-state index is 0.348. The summed E-state index contributed by atoms with van der Waals surface area (Å²) in [5.41, 5.74) is 5.84. The second kappa shape index (κ2) is 5.22. The zero-order valence-corrected chi connectivity index (χ0v) is 13.9. The van der Waals surface area contributed by atoms with Gasteiger partial charge in [-0.05, 0) is 44.9 Å². The molecule has 24 heavy (non-hydrogen) atoms. The molecule has 2 N–H and O–H groups in total. The van der Waals surface area contributed by atoms with Crippen molar-refractivity contribution >= 4 is 23.7 Å². The lowest BCUT2D eigenvalue weighted by Crippen LogP contribution is -2.41. The molecule has 1 atom stereocenters. The summed E-state index contributed by atoms with van der Waals surface area (Å²) < 4.78 is 10.6. The standard InChI is InChI=1S/C17H20N2O5/c1-16(2,3)23-13(20)9-19-14(21)17(24-15(19)22)7-6-10-8-11(18)4-5-12(10)17/h4-5,8H,6-7,9,18H2,1-3H3. The van der Waals surface area contributed by atoms with Gasteiger partial charge >= 0.3 is 12.1 Å². The van der Waals surface area contributed by atoms with Gasteiger partial charge in [0.2, 0.25) is 5.60 Å². The summed E-state index contributed by atoms with van der Waals surface area (Å²) >= 11 is 0. The van der Waals surface area contributed by atoms with Crippen LogP contribution in [0.2, 0.25) is 0 Å². The van der Waals surface area contributed by atoms with Gasteiger partial charge in [0.05, 0.1) is 0 Å². The molecule has 1 saturated heterocycles. The van der Waals surface area contributed by atoms with Crippen LogP contribution in [0.4, 0.5) is 10.5 Å². The van der Waals surface area contributed by atoms with E-state index in [4.69, 9.17) is 15.2 Å². The molecule has 1 unspecified atom stereocenters. The molecule has 128 valence electrons. The average Bonchev–Trinajstić information content (AvgIpc) is 2.91. The van der Waals surface area contributed by atoms with Crippen molar-refractivity contribution in [3.8, 4) is 0 Å². The first-order valence-corrected chi connectivity index (χ1v) is 7.78. The third kappa shape index (κ3) is 2.60. The molecule has 0 saturated carbocycles. The van der Waals surface area contributed by atoms with Crippen LogP contribution in [0.25, 0.3) is 0 Å². The summed E-state index contributed by atoms with van der Waals surface area (Å²) in [7, 11) is 0. The largest absolute Gasteiger partial charge is 0.459 e. The van der Waals surface area contributed by atoms with E-state index in [1.54, 1.807) is 39.0 Å². The van der Waals surface area contributed by atoms with Gasteiger partial charge in [-0.15, -0.1) is 0 Å². The van der Waals surface area contributed by atoms with Gasteiger partial charge in [-0.2, -0.15) is 0 Å². The molecule has 1 spiro atoms. The molecule has 0 radical (unpaired) electrons. The summed E-state index contributed by atoms with van der Waals surface area (Å²) in [6, 6.07) is 5.16.